The number of ether oxygens (including phenoxy) is 1. The minimum Gasteiger partial charge on any atom is -0.497 e. The minimum atomic E-state index is -0.0970. The molecule has 32 heavy (non-hydrogen) atoms. The predicted molar refractivity (Wildman–Crippen MR) is 128 cm³/mol. The van der Waals surface area contributed by atoms with Crippen molar-refractivity contribution in [2.75, 3.05) is 7.11 Å². The van der Waals surface area contributed by atoms with E-state index in [9.17, 15) is 4.79 Å². The van der Waals surface area contributed by atoms with E-state index in [4.69, 9.17) is 9.84 Å². The molecular weight excluding hydrogens is 396 g/mol. The number of fused-ring (bicyclic) bond motifs is 1. The van der Waals surface area contributed by atoms with Gasteiger partial charge >= 0.3 is 0 Å². The van der Waals surface area contributed by atoms with Crippen LogP contribution in [0.1, 0.15) is 46.8 Å². The number of hydrogen-bond acceptors (Lipinski definition) is 3. The minimum absolute atomic E-state index is 0.0810. The largest absolute Gasteiger partial charge is 0.497 e. The van der Waals surface area contributed by atoms with E-state index in [2.05, 4.69) is 42.5 Å². The van der Waals surface area contributed by atoms with Crippen molar-refractivity contribution in [3.8, 4) is 5.75 Å². The first kappa shape index (κ1) is 20.3. The molecule has 0 bridgehead atoms. The zero-order chi connectivity index (χ0) is 21.9. The van der Waals surface area contributed by atoms with Gasteiger partial charge in [0.05, 0.1) is 18.9 Å². The molecule has 3 aromatic carbocycles. The van der Waals surface area contributed by atoms with Crippen molar-refractivity contribution in [1.29, 1.82) is 0 Å². The Bertz CT molecular complexity index is 1150. The van der Waals surface area contributed by atoms with Crippen LogP contribution in [-0.4, -0.2) is 23.7 Å². The molecule has 0 radical (unpaired) electrons. The van der Waals surface area contributed by atoms with E-state index < -0.39 is 0 Å². The van der Waals surface area contributed by atoms with Crippen LogP contribution in [0.15, 0.2) is 95.6 Å². The summed E-state index contributed by atoms with van der Waals surface area (Å²) in [5.74, 6) is 0.849. The first-order chi connectivity index (χ1) is 15.7. The van der Waals surface area contributed by atoms with E-state index in [0.717, 1.165) is 36.3 Å². The van der Waals surface area contributed by atoms with Crippen molar-refractivity contribution in [1.82, 2.24) is 5.01 Å². The lowest BCUT2D eigenvalue weighted by Gasteiger charge is -2.29. The third kappa shape index (κ3) is 3.84. The molecule has 5 rings (SSSR count). The SMILES string of the molecule is COc1ccc(C(=O)N2N=C3/C(=C/c4ccccc4)CCC[C@@H]3[C@H]2c2ccccc2)cc1. The molecule has 2 aliphatic rings. The molecule has 1 amide bonds. The molecule has 2 atom stereocenters. The highest BCUT2D eigenvalue weighted by Crippen LogP contribution is 2.44. The quantitative estimate of drug-likeness (QED) is 0.507. The van der Waals surface area contributed by atoms with Crippen molar-refractivity contribution in [3.05, 3.63) is 107 Å². The standard InChI is InChI=1S/C28H26N2O2/c1-32-24-17-15-22(16-18-24)28(31)30-27(21-11-6-3-7-12-21)25-14-8-13-23(26(25)29-30)19-20-9-4-2-5-10-20/h2-7,9-12,15-19,25,27H,8,13-14H2,1H3/b23-19+/t25-,27+/m0/s1. The van der Waals surface area contributed by atoms with Gasteiger partial charge in [0.2, 0.25) is 0 Å². The fourth-order valence-corrected chi connectivity index (χ4v) is 4.77. The van der Waals surface area contributed by atoms with E-state index in [1.54, 1.807) is 12.1 Å². The predicted octanol–water partition coefficient (Wildman–Crippen LogP) is 6.13. The van der Waals surface area contributed by atoms with Gasteiger partial charge in [0.1, 0.15) is 5.75 Å². The summed E-state index contributed by atoms with van der Waals surface area (Å²) >= 11 is 0. The van der Waals surface area contributed by atoms with Gasteiger partial charge in [-0.1, -0.05) is 60.7 Å². The van der Waals surface area contributed by atoms with Crippen LogP contribution in [0.4, 0.5) is 0 Å². The maximum Gasteiger partial charge on any atom is 0.274 e. The summed E-state index contributed by atoms with van der Waals surface area (Å²) in [7, 11) is 1.62. The van der Waals surface area contributed by atoms with E-state index in [0.29, 0.717) is 5.56 Å². The van der Waals surface area contributed by atoms with E-state index in [1.807, 2.05) is 48.5 Å². The van der Waals surface area contributed by atoms with Crippen LogP contribution >= 0.6 is 0 Å². The highest BCUT2D eigenvalue weighted by atomic mass is 16.5. The Morgan fingerprint density at radius 1 is 0.969 bits per heavy atom. The van der Waals surface area contributed by atoms with Crippen LogP contribution in [0.25, 0.3) is 6.08 Å². The van der Waals surface area contributed by atoms with Gasteiger partial charge in [-0.2, -0.15) is 5.10 Å². The molecule has 160 valence electrons. The molecule has 0 spiro atoms. The second-order valence-electron chi connectivity index (χ2n) is 8.30. The first-order valence-electron chi connectivity index (χ1n) is 11.1. The molecule has 4 heteroatoms. The lowest BCUT2D eigenvalue weighted by Crippen LogP contribution is -2.31. The van der Waals surface area contributed by atoms with E-state index >= 15 is 0 Å². The number of hydrogen-bond donors (Lipinski definition) is 0. The smallest absolute Gasteiger partial charge is 0.274 e. The van der Waals surface area contributed by atoms with Crippen molar-refractivity contribution in [2.24, 2.45) is 11.0 Å². The maximum atomic E-state index is 13.6. The molecular formula is C28H26N2O2. The van der Waals surface area contributed by atoms with Crippen LogP contribution in [0.3, 0.4) is 0 Å². The van der Waals surface area contributed by atoms with Crippen LogP contribution < -0.4 is 4.74 Å². The van der Waals surface area contributed by atoms with Gasteiger partial charge in [-0.15, -0.1) is 0 Å². The number of carbonyl (C=O) groups is 1. The van der Waals surface area contributed by atoms with Gasteiger partial charge in [0.15, 0.2) is 0 Å². The molecule has 1 heterocycles. The molecule has 1 aliphatic heterocycles. The van der Waals surface area contributed by atoms with Gasteiger partial charge in [-0.25, -0.2) is 5.01 Å². The molecule has 3 aromatic rings. The van der Waals surface area contributed by atoms with Crippen molar-refractivity contribution in [3.63, 3.8) is 0 Å². The summed E-state index contributed by atoms with van der Waals surface area (Å²) in [6.07, 6.45) is 5.33. The number of allylic oxidation sites excluding steroid dienone is 1. The normalized spacial score (nSPS) is 21.2. The summed E-state index contributed by atoms with van der Waals surface area (Å²) in [6.45, 7) is 0. The molecule has 1 fully saturated rings. The van der Waals surface area contributed by atoms with Crippen LogP contribution in [-0.2, 0) is 0 Å². The Hall–Kier alpha value is -3.66. The Balaban J connectivity index is 1.56. The molecule has 0 saturated heterocycles. The Labute approximate surface area is 188 Å². The van der Waals surface area contributed by atoms with Crippen molar-refractivity contribution >= 4 is 17.7 Å². The molecule has 0 aromatic heterocycles. The number of nitrogens with zero attached hydrogens (tertiary/aromatic N) is 2. The van der Waals surface area contributed by atoms with E-state index in [-0.39, 0.29) is 17.9 Å². The third-order valence-electron chi connectivity index (χ3n) is 6.33. The van der Waals surface area contributed by atoms with Crippen LogP contribution in [0.5, 0.6) is 5.75 Å². The fourth-order valence-electron chi connectivity index (χ4n) is 4.77. The van der Waals surface area contributed by atoms with Gasteiger partial charge in [0.25, 0.3) is 5.91 Å². The van der Waals surface area contributed by atoms with Gasteiger partial charge in [0, 0.05) is 11.5 Å². The van der Waals surface area contributed by atoms with Crippen LogP contribution in [0.2, 0.25) is 0 Å². The summed E-state index contributed by atoms with van der Waals surface area (Å²) in [6, 6.07) is 27.8. The Kier molecular flexibility index (Phi) is 5.59. The molecule has 1 aliphatic carbocycles. The number of hydrazone groups is 1. The Morgan fingerprint density at radius 2 is 1.66 bits per heavy atom. The first-order valence-corrected chi connectivity index (χ1v) is 11.1. The summed E-state index contributed by atoms with van der Waals surface area (Å²) in [5, 5.41) is 6.67. The van der Waals surface area contributed by atoms with Crippen molar-refractivity contribution in [2.45, 2.75) is 25.3 Å². The van der Waals surface area contributed by atoms with Crippen LogP contribution in [0, 0.1) is 5.92 Å². The van der Waals surface area contributed by atoms with Gasteiger partial charge in [-0.05, 0) is 66.3 Å². The molecule has 0 unspecified atom stereocenters. The summed E-state index contributed by atoms with van der Waals surface area (Å²) in [4.78, 5) is 13.6. The zero-order valence-corrected chi connectivity index (χ0v) is 18.1. The summed E-state index contributed by atoms with van der Waals surface area (Å²) < 4.78 is 5.25. The average Bonchev–Trinajstić information content (AvgIpc) is 3.25. The maximum absolute atomic E-state index is 13.6. The second-order valence-corrected chi connectivity index (χ2v) is 8.30. The average molecular weight is 423 g/mol. The number of amides is 1. The Morgan fingerprint density at radius 3 is 2.34 bits per heavy atom. The number of benzene rings is 3. The molecule has 4 nitrogen and oxygen atoms in total. The highest BCUT2D eigenvalue weighted by molar-refractivity contribution is 6.09. The lowest BCUT2D eigenvalue weighted by atomic mass is 9.77. The zero-order valence-electron chi connectivity index (χ0n) is 18.1. The number of methoxy groups -OCH3 is 1. The third-order valence-corrected chi connectivity index (χ3v) is 6.33. The molecule has 0 N–H and O–H groups in total. The number of rotatable bonds is 4. The fraction of sp³-hybridized carbons (Fsp3) is 0.214. The lowest BCUT2D eigenvalue weighted by molar-refractivity contribution is 0.0681. The van der Waals surface area contributed by atoms with E-state index in [1.165, 1.54) is 11.1 Å². The monoisotopic (exact) mass is 422 g/mol. The number of carbonyl (C=O) groups excluding carboxylic acids is 1. The van der Waals surface area contributed by atoms with Crippen molar-refractivity contribution < 1.29 is 9.53 Å². The highest BCUT2D eigenvalue weighted by Gasteiger charge is 2.43. The second kappa shape index (κ2) is 8.83. The molecule has 1 saturated carbocycles. The summed E-state index contributed by atoms with van der Waals surface area (Å²) in [5.41, 5.74) is 5.19. The van der Waals surface area contributed by atoms with Gasteiger partial charge in [-0.3, -0.25) is 4.79 Å². The topological polar surface area (TPSA) is 41.9 Å². The van der Waals surface area contributed by atoms with Gasteiger partial charge < -0.3 is 4.74 Å².